The van der Waals surface area contributed by atoms with Crippen molar-refractivity contribution in [3.8, 4) is 11.3 Å². The summed E-state index contributed by atoms with van der Waals surface area (Å²) >= 11 is 6.17. The average Bonchev–Trinajstić information content (AvgIpc) is 3.21. The van der Waals surface area contributed by atoms with Gasteiger partial charge in [-0.05, 0) is 47.2 Å². The van der Waals surface area contributed by atoms with Crippen molar-refractivity contribution in [2.45, 2.75) is 0 Å². The fourth-order valence-electron chi connectivity index (χ4n) is 2.92. The third-order valence-electron chi connectivity index (χ3n) is 4.35. The van der Waals surface area contributed by atoms with E-state index in [2.05, 4.69) is 15.8 Å². The third kappa shape index (κ3) is 4.65. The van der Waals surface area contributed by atoms with Gasteiger partial charge in [0.1, 0.15) is 11.5 Å². The van der Waals surface area contributed by atoms with Crippen LogP contribution < -0.4 is 10.7 Å². The number of carbonyl (C=O) groups is 1. The zero-order valence-electron chi connectivity index (χ0n) is 15.4. The predicted molar refractivity (Wildman–Crippen MR) is 117 cm³/mol. The van der Waals surface area contributed by atoms with E-state index in [1.165, 1.54) is 6.21 Å². The highest BCUT2D eigenvalue weighted by Crippen LogP contribution is 2.28. The van der Waals surface area contributed by atoms with Crippen molar-refractivity contribution in [3.05, 3.63) is 89.6 Å². The highest BCUT2D eigenvalue weighted by atomic mass is 35.5. The summed E-state index contributed by atoms with van der Waals surface area (Å²) in [5.41, 5.74) is 4.16. The Bertz CT molecular complexity index is 1180. The van der Waals surface area contributed by atoms with Crippen LogP contribution in [0, 0.1) is 0 Å². The van der Waals surface area contributed by atoms with Crippen LogP contribution in [0.4, 0.5) is 5.69 Å². The van der Waals surface area contributed by atoms with Gasteiger partial charge in [-0.3, -0.25) is 4.79 Å². The van der Waals surface area contributed by atoms with Crippen LogP contribution in [-0.4, -0.2) is 18.7 Å². The van der Waals surface area contributed by atoms with Crippen LogP contribution in [0.1, 0.15) is 5.76 Å². The molecule has 0 spiro atoms. The van der Waals surface area contributed by atoms with E-state index < -0.39 is 0 Å². The molecule has 0 saturated carbocycles. The number of benzene rings is 3. The maximum Gasteiger partial charge on any atom is 0.259 e. The number of fused-ring (bicyclic) bond motifs is 1. The second-order valence-corrected chi connectivity index (χ2v) is 6.80. The first-order chi connectivity index (χ1) is 14.2. The lowest BCUT2D eigenvalue weighted by Crippen LogP contribution is -2.25. The number of rotatable bonds is 6. The van der Waals surface area contributed by atoms with E-state index in [-0.39, 0.29) is 12.5 Å². The topological polar surface area (TPSA) is 66.6 Å². The molecule has 2 N–H and O–H groups in total. The summed E-state index contributed by atoms with van der Waals surface area (Å²) in [5.74, 6) is 0.899. The van der Waals surface area contributed by atoms with Crippen LogP contribution in [0.3, 0.4) is 0 Å². The minimum atomic E-state index is -0.257. The highest BCUT2D eigenvalue weighted by molar-refractivity contribution is 6.33. The molecule has 29 heavy (non-hydrogen) atoms. The summed E-state index contributed by atoms with van der Waals surface area (Å²) < 4.78 is 5.70. The monoisotopic (exact) mass is 403 g/mol. The Morgan fingerprint density at radius 1 is 0.966 bits per heavy atom. The molecule has 5 nitrogen and oxygen atoms in total. The van der Waals surface area contributed by atoms with Gasteiger partial charge in [-0.15, -0.1) is 0 Å². The van der Waals surface area contributed by atoms with Gasteiger partial charge in [-0.2, -0.15) is 5.10 Å². The second kappa shape index (κ2) is 8.63. The number of carbonyl (C=O) groups excluding carboxylic acids is 1. The van der Waals surface area contributed by atoms with E-state index in [9.17, 15) is 4.79 Å². The number of hydrazone groups is 1. The first kappa shape index (κ1) is 18.8. The standard InChI is InChI=1S/C23H18ClN3O2/c24-21-8-4-3-7-20(21)22-12-11-19(29-22)14-26-27-23(28)15-25-18-10-9-16-5-1-2-6-17(16)13-18/h1-14,25H,15H2,(H,27,28)/b26-14+. The number of furan rings is 1. The van der Waals surface area contributed by atoms with Crippen LogP contribution in [0.2, 0.25) is 5.02 Å². The van der Waals surface area contributed by atoms with Gasteiger partial charge in [0.2, 0.25) is 0 Å². The molecule has 0 unspecified atom stereocenters. The van der Waals surface area contributed by atoms with Crippen molar-refractivity contribution < 1.29 is 9.21 Å². The van der Waals surface area contributed by atoms with E-state index in [1.54, 1.807) is 12.1 Å². The van der Waals surface area contributed by atoms with Crippen LogP contribution in [0.25, 0.3) is 22.1 Å². The van der Waals surface area contributed by atoms with Gasteiger partial charge in [0.05, 0.1) is 17.8 Å². The molecule has 0 bridgehead atoms. The van der Waals surface area contributed by atoms with E-state index in [0.29, 0.717) is 16.5 Å². The molecule has 0 aliphatic carbocycles. The number of nitrogens with one attached hydrogen (secondary N) is 2. The van der Waals surface area contributed by atoms with Crippen molar-refractivity contribution in [3.63, 3.8) is 0 Å². The molecular formula is C23H18ClN3O2. The van der Waals surface area contributed by atoms with Crippen molar-refractivity contribution in [2.24, 2.45) is 5.10 Å². The molecule has 0 fully saturated rings. The number of halogens is 1. The van der Waals surface area contributed by atoms with E-state index in [0.717, 1.165) is 22.0 Å². The largest absolute Gasteiger partial charge is 0.455 e. The van der Waals surface area contributed by atoms with Gasteiger partial charge >= 0.3 is 0 Å². The van der Waals surface area contributed by atoms with E-state index >= 15 is 0 Å². The predicted octanol–water partition coefficient (Wildman–Crippen LogP) is 5.32. The minimum Gasteiger partial charge on any atom is -0.455 e. The summed E-state index contributed by atoms with van der Waals surface area (Å²) in [5, 5.41) is 9.91. The number of hydrogen-bond acceptors (Lipinski definition) is 4. The van der Waals surface area contributed by atoms with E-state index in [4.69, 9.17) is 16.0 Å². The Morgan fingerprint density at radius 2 is 1.76 bits per heavy atom. The Morgan fingerprint density at radius 3 is 2.62 bits per heavy atom. The maximum absolute atomic E-state index is 12.0. The smallest absolute Gasteiger partial charge is 0.259 e. The first-order valence-electron chi connectivity index (χ1n) is 9.08. The molecule has 1 aromatic heterocycles. The molecule has 4 rings (SSSR count). The molecule has 0 saturated heterocycles. The van der Waals surface area contributed by atoms with Crippen molar-refractivity contribution in [2.75, 3.05) is 11.9 Å². The average molecular weight is 404 g/mol. The lowest BCUT2D eigenvalue weighted by molar-refractivity contribution is -0.119. The zero-order chi connectivity index (χ0) is 20.1. The lowest BCUT2D eigenvalue weighted by Gasteiger charge is -2.06. The highest BCUT2D eigenvalue weighted by Gasteiger charge is 2.07. The number of nitrogens with zero attached hydrogens (tertiary/aromatic N) is 1. The SMILES string of the molecule is O=C(CNc1ccc2ccccc2c1)N/N=C/c1ccc(-c2ccccc2Cl)o1. The first-order valence-corrected chi connectivity index (χ1v) is 9.46. The van der Waals surface area contributed by atoms with Crippen molar-refractivity contribution in [1.29, 1.82) is 0 Å². The molecule has 0 aliphatic heterocycles. The van der Waals surface area contributed by atoms with Crippen LogP contribution >= 0.6 is 11.6 Å². The molecule has 1 amide bonds. The van der Waals surface area contributed by atoms with Gasteiger partial charge in [0.25, 0.3) is 5.91 Å². The fourth-order valence-corrected chi connectivity index (χ4v) is 3.15. The summed E-state index contributed by atoms with van der Waals surface area (Å²) in [6, 6.07) is 25.0. The van der Waals surface area contributed by atoms with Crippen LogP contribution in [0.5, 0.6) is 0 Å². The van der Waals surface area contributed by atoms with Gasteiger partial charge in [0.15, 0.2) is 0 Å². The number of amides is 1. The van der Waals surface area contributed by atoms with Crippen LogP contribution in [0.15, 0.2) is 88.4 Å². The molecule has 6 heteroatoms. The van der Waals surface area contributed by atoms with Gasteiger partial charge in [-0.25, -0.2) is 5.43 Å². The van der Waals surface area contributed by atoms with Crippen molar-refractivity contribution >= 4 is 40.2 Å². The van der Waals surface area contributed by atoms with E-state index in [1.807, 2.05) is 66.7 Å². The van der Waals surface area contributed by atoms with Crippen LogP contribution in [-0.2, 0) is 4.79 Å². The van der Waals surface area contributed by atoms with Gasteiger partial charge in [0, 0.05) is 11.3 Å². The van der Waals surface area contributed by atoms with Gasteiger partial charge in [-0.1, -0.05) is 54.1 Å². The molecule has 0 aliphatic rings. The third-order valence-corrected chi connectivity index (χ3v) is 4.68. The Labute approximate surface area is 173 Å². The Kier molecular flexibility index (Phi) is 5.59. The fraction of sp³-hybridized carbons (Fsp3) is 0.0435. The Balaban J connectivity index is 1.31. The molecule has 0 atom stereocenters. The molecule has 1 heterocycles. The normalized spacial score (nSPS) is 11.1. The number of anilines is 1. The summed E-state index contributed by atoms with van der Waals surface area (Å²) in [7, 11) is 0. The summed E-state index contributed by atoms with van der Waals surface area (Å²) in [6.45, 7) is 0.110. The quantitative estimate of drug-likeness (QED) is 0.338. The van der Waals surface area contributed by atoms with Gasteiger partial charge < -0.3 is 9.73 Å². The minimum absolute atomic E-state index is 0.110. The number of hydrogen-bond donors (Lipinski definition) is 2. The van der Waals surface area contributed by atoms with Crippen molar-refractivity contribution in [1.82, 2.24) is 5.43 Å². The molecule has 4 aromatic rings. The molecule has 0 radical (unpaired) electrons. The molecular weight excluding hydrogens is 386 g/mol. The molecule has 3 aromatic carbocycles. The molecule has 144 valence electrons. The second-order valence-electron chi connectivity index (χ2n) is 6.39. The Hall–Kier alpha value is -3.57. The summed E-state index contributed by atoms with van der Waals surface area (Å²) in [4.78, 5) is 12.0. The zero-order valence-corrected chi connectivity index (χ0v) is 16.2. The lowest BCUT2D eigenvalue weighted by atomic mass is 10.1. The summed E-state index contributed by atoms with van der Waals surface area (Å²) in [6.07, 6.45) is 1.45. The maximum atomic E-state index is 12.0.